The summed E-state index contributed by atoms with van der Waals surface area (Å²) in [6.45, 7) is 0. The summed E-state index contributed by atoms with van der Waals surface area (Å²) in [7, 11) is 0. The Hall–Kier alpha value is -3.78. The summed E-state index contributed by atoms with van der Waals surface area (Å²) in [5.41, 5.74) is 2.57. The summed E-state index contributed by atoms with van der Waals surface area (Å²) >= 11 is 0. The molecule has 116 valence electrons. The van der Waals surface area contributed by atoms with E-state index in [4.69, 9.17) is 5.73 Å². The fourth-order valence-corrected chi connectivity index (χ4v) is 2.47. The molecule has 24 heavy (non-hydrogen) atoms. The van der Waals surface area contributed by atoms with Crippen molar-refractivity contribution in [3.8, 4) is 23.3 Å². The lowest BCUT2D eigenvalue weighted by molar-refractivity contribution is 0.597. The zero-order valence-corrected chi connectivity index (χ0v) is 11.9. The molecule has 3 rings (SSSR count). The molecule has 3 aromatic rings. The summed E-state index contributed by atoms with van der Waals surface area (Å²) in [4.78, 5) is 17.9. The fourth-order valence-electron chi connectivity index (χ4n) is 2.47. The Balaban J connectivity index is 2.57. The van der Waals surface area contributed by atoms with Gasteiger partial charge in [0, 0.05) is 23.2 Å². The predicted octanol–water partition coefficient (Wildman–Crippen LogP) is 2.19. The molecule has 2 heterocycles. The van der Waals surface area contributed by atoms with Crippen LogP contribution in [0.15, 0.2) is 29.2 Å². The molecular weight excluding hydrogens is 316 g/mol. The number of hydrogen-bond acceptors (Lipinski definition) is 5. The van der Waals surface area contributed by atoms with E-state index in [9.17, 15) is 24.1 Å². The predicted molar refractivity (Wildman–Crippen MR) is 81.6 cm³/mol. The molecule has 2 aromatic heterocycles. The van der Waals surface area contributed by atoms with Gasteiger partial charge in [0.15, 0.2) is 0 Å². The maximum Gasteiger partial charge on any atom is 0.268 e. The van der Waals surface area contributed by atoms with E-state index in [1.54, 1.807) is 12.1 Å². The Morgan fingerprint density at radius 1 is 1.17 bits per heavy atom. The second kappa shape index (κ2) is 5.45. The molecule has 3 N–H and O–H groups in total. The third-order valence-electron chi connectivity index (χ3n) is 3.51. The second-order valence-corrected chi connectivity index (χ2v) is 4.83. The zero-order chi connectivity index (χ0) is 17.4. The molecule has 0 saturated heterocycles. The average molecular weight is 323 g/mol. The van der Waals surface area contributed by atoms with Gasteiger partial charge in [0.1, 0.15) is 40.7 Å². The van der Waals surface area contributed by atoms with E-state index < -0.39 is 33.9 Å². The molecule has 0 aliphatic carbocycles. The lowest BCUT2D eigenvalue weighted by Gasteiger charge is -2.12. The van der Waals surface area contributed by atoms with Crippen LogP contribution in [0.25, 0.3) is 22.0 Å². The molecule has 0 amide bonds. The normalized spacial score (nSPS) is 10.3. The number of nitrogen functional groups attached to an aromatic ring is 1. The number of nitrogens with one attached hydrogen (secondary N) is 1. The Labute approximate surface area is 133 Å². The van der Waals surface area contributed by atoms with Crippen molar-refractivity contribution in [1.29, 1.82) is 10.5 Å². The van der Waals surface area contributed by atoms with E-state index in [0.717, 1.165) is 6.07 Å². The molecule has 0 bridgehead atoms. The topological polar surface area (TPSA) is 119 Å². The molecule has 0 saturated carbocycles. The summed E-state index contributed by atoms with van der Waals surface area (Å²) in [6, 6.07) is 7.03. The highest BCUT2D eigenvalue weighted by Gasteiger charge is 2.25. The monoisotopic (exact) mass is 323 g/mol. The molecule has 6 nitrogen and oxygen atoms in total. The zero-order valence-electron chi connectivity index (χ0n) is 11.9. The number of hydrogen-bond donors (Lipinski definition) is 2. The van der Waals surface area contributed by atoms with E-state index in [2.05, 4.69) is 9.97 Å². The third-order valence-corrected chi connectivity index (χ3v) is 3.51. The Kier molecular flexibility index (Phi) is 3.43. The molecule has 0 radical (unpaired) electrons. The number of benzene rings is 1. The van der Waals surface area contributed by atoms with Gasteiger partial charge in [-0.25, -0.2) is 8.78 Å². The maximum atomic E-state index is 14.9. The van der Waals surface area contributed by atoms with Crippen LogP contribution in [0.3, 0.4) is 0 Å². The Morgan fingerprint density at radius 2 is 1.88 bits per heavy atom. The first-order valence-corrected chi connectivity index (χ1v) is 6.58. The molecule has 0 fully saturated rings. The number of nitrogens with two attached hydrogens (primary N) is 1. The van der Waals surface area contributed by atoms with E-state index >= 15 is 0 Å². The van der Waals surface area contributed by atoms with Gasteiger partial charge < -0.3 is 10.7 Å². The number of aromatic amines is 1. The van der Waals surface area contributed by atoms with Crippen molar-refractivity contribution >= 4 is 16.7 Å². The Bertz CT molecular complexity index is 1140. The number of nitrogens with zero attached hydrogens (tertiary/aromatic N) is 3. The number of nitriles is 2. The van der Waals surface area contributed by atoms with Crippen molar-refractivity contribution in [2.24, 2.45) is 0 Å². The molecule has 0 aliphatic rings. The van der Waals surface area contributed by atoms with Gasteiger partial charge in [-0.1, -0.05) is 0 Å². The van der Waals surface area contributed by atoms with Gasteiger partial charge in [0.25, 0.3) is 5.56 Å². The van der Waals surface area contributed by atoms with Crippen LogP contribution in [0, 0.1) is 34.3 Å². The molecule has 0 atom stereocenters. The minimum Gasteiger partial charge on any atom is -0.384 e. The van der Waals surface area contributed by atoms with E-state index in [0.29, 0.717) is 0 Å². The number of pyridine rings is 2. The number of fused-ring (bicyclic) bond motifs is 1. The summed E-state index contributed by atoms with van der Waals surface area (Å²) < 4.78 is 29.4. The molecule has 0 unspecified atom stereocenters. The SMILES string of the molecule is N#Cc1c(N)[nH]c(=O)c(C#N)c1-c1c(F)cc2ncccc2c1F. The minimum absolute atomic E-state index is 0.0134. The summed E-state index contributed by atoms with van der Waals surface area (Å²) in [5, 5.41) is 18.4. The van der Waals surface area contributed by atoms with Crippen LogP contribution < -0.4 is 11.3 Å². The highest BCUT2D eigenvalue weighted by molar-refractivity contribution is 5.89. The van der Waals surface area contributed by atoms with Crippen molar-refractivity contribution in [3.63, 3.8) is 0 Å². The van der Waals surface area contributed by atoms with Crippen LogP contribution in [0.2, 0.25) is 0 Å². The van der Waals surface area contributed by atoms with Gasteiger partial charge in [0.2, 0.25) is 0 Å². The number of anilines is 1. The van der Waals surface area contributed by atoms with Crippen LogP contribution in [0.4, 0.5) is 14.6 Å². The van der Waals surface area contributed by atoms with Crippen molar-refractivity contribution in [3.05, 3.63) is 57.5 Å². The van der Waals surface area contributed by atoms with Gasteiger partial charge in [-0.15, -0.1) is 0 Å². The van der Waals surface area contributed by atoms with E-state index in [-0.39, 0.29) is 22.3 Å². The first-order chi connectivity index (χ1) is 11.5. The number of H-pyrrole nitrogens is 1. The second-order valence-electron chi connectivity index (χ2n) is 4.83. The highest BCUT2D eigenvalue weighted by atomic mass is 19.1. The van der Waals surface area contributed by atoms with E-state index in [1.165, 1.54) is 18.3 Å². The largest absolute Gasteiger partial charge is 0.384 e. The van der Waals surface area contributed by atoms with Crippen molar-refractivity contribution in [1.82, 2.24) is 9.97 Å². The molecule has 8 heteroatoms. The lowest BCUT2D eigenvalue weighted by Crippen LogP contribution is -2.17. The van der Waals surface area contributed by atoms with Crippen molar-refractivity contribution in [2.75, 3.05) is 5.73 Å². The molecule has 0 aliphatic heterocycles. The molecule has 0 spiro atoms. The van der Waals surface area contributed by atoms with E-state index in [1.807, 2.05) is 0 Å². The van der Waals surface area contributed by atoms with Gasteiger partial charge >= 0.3 is 0 Å². The average Bonchev–Trinajstić information content (AvgIpc) is 2.55. The third kappa shape index (κ3) is 2.06. The fraction of sp³-hybridized carbons (Fsp3) is 0. The van der Waals surface area contributed by atoms with Gasteiger partial charge in [0.05, 0.1) is 11.1 Å². The highest BCUT2D eigenvalue weighted by Crippen LogP contribution is 2.35. The molecular formula is C16H7F2N5O. The van der Waals surface area contributed by atoms with Crippen LogP contribution in [-0.2, 0) is 0 Å². The van der Waals surface area contributed by atoms with Crippen LogP contribution in [0.1, 0.15) is 11.1 Å². The van der Waals surface area contributed by atoms with Crippen LogP contribution in [-0.4, -0.2) is 9.97 Å². The Morgan fingerprint density at radius 3 is 2.54 bits per heavy atom. The standard InChI is InChI=1S/C16H7F2N5O/c17-10-4-11-7(2-1-3-22-11)14(18)13(10)12-8(5-19)15(21)23-16(24)9(12)6-20/h1-4H,(H3,21,23,24). The first-order valence-electron chi connectivity index (χ1n) is 6.58. The molecule has 1 aromatic carbocycles. The summed E-state index contributed by atoms with van der Waals surface area (Å²) in [5.74, 6) is -2.46. The number of aromatic nitrogens is 2. The van der Waals surface area contributed by atoms with Gasteiger partial charge in [-0.05, 0) is 12.1 Å². The van der Waals surface area contributed by atoms with Crippen LogP contribution in [0.5, 0.6) is 0 Å². The van der Waals surface area contributed by atoms with Gasteiger partial charge in [-0.2, -0.15) is 10.5 Å². The van der Waals surface area contributed by atoms with Crippen molar-refractivity contribution < 1.29 is 8.78 Å². The number of halogens is 2. The maximum absolute atomic E-state index is 14.9. The summed E-state index contributed by atoms with van der Waals surface area (Å²) in [6.07, 6.45) is 1.37. The smallest absolute Gasteiger partial charge is 0.268 e. The first kappa shape index (κ1) is 15.1. The van der Waals surface area contributed by atoms with Gasteiger partial charge in [-0.3, -0.25) is 9.78 Å². The minimum atomic E-state index is -1.06. The lowest BCUT2D eigenvalue weighted by atomic mass is 9.94. The van der Waals surface area contributed by atoms with Crippen LogP contribution >= 0.6 is 0 Å². The van der Waals surface area contributed by atoms with Crippen molar-refractivity contribution in [2.45, 2.75) is 0 Å². The number of rotatable bonds is 1. The quantitative estimate of drug-likeness (QED) is 0.711.